The Bertz CT molecular complexity index is 539. The van der Waals surface area contributed by atoms with Crippen LogP contribution < -0.4 is 10.2 Å². The van der Waals surface area contributed by atoms with Gasteiger partial charge in [0.25, 0.3) is 0 Å². The van der Waals surface area contributed by atoms with Gasteiger partial charge in [-0.2, -0.15) is 0 Å². The molecule has 2 aromatic carbocycles. The largest absolute Gasteiger partial charge is 0.382 e. The van der Waals surface area contributed by atoms with E-state index in [2.05, 4.69) is 74.7 Å². The molecule has 0 spiro atoms. The molecule has 1 aliphatic heterocycles. The van der Waals surface area contributed by atoms with Crippen molar-refractivity contribution in [3.8, 4) is 0 Å². The predicted octanol–water partition coefficient (Wildman–Crippen LogP) is 3.88. The number of rotatable bonds is 2. The minimum Gasteiger partial charge on any atom is -0.382 e. The van der Waals surface area contributed by atoms with Crippen LogP contribution in [0.4, 0.5) is 11.4 Å². The smallest absolute Gasteiger partial charge is 0.0606 e. The zero-order chi connectivity index (χ0) is 12.4. The van der Waals surface area contributed by atoms with Gasteiger partial charge in [-0.1, -0.05) is 46.3 Å². The molecule has 1 N–H and O–H groups in total. The van der Waals surface area contributed by atoms with Crippen molar-refractivity contribution in [3.05, 3.63) is 58.6 Å². The molecule has 0 saturated heterocycles. The highest BCUT2D eigenvalue weighted by Crippen LogP contribution is 2.32. The molecule has 18 heavy (non-hydrogen) atoms. The van der Waals surface area contributed by atoms with E-state index in [1.54, 1.807) is 0 Å². The molecule has 0 amide bonds. The van der Waals surface area contributed by atoms with Gasteiger partial charge in [0.15, 0.2) is 0 Å². The van der Waals surface area contributed by atoms with Crippen LogP contribution in [-0.2, 0) is 6.54 Å². The van der Waals surface area contributed by atoms with Crippen molar-refractivity contribution < 1.29 is 0 Å². The molecular formula is C15H15BrN2. The van der Waals surface area contributed by atoms with Gasteiger partial charge in [0.1, 0.15) is 0 Å². The lowest BCUT2D eigenvalue weighted by Gasteiger charge is -2.32. The topological polar surface area (TPSA) is 15.3 Å². The van der Waals surface area contributed by atoms with E-state index in [-0.39, 0.29) is 0 Å². The fraction of sp³-hybridized carbons (Fsp3) is 0.200. The maximum Gasteiger partial charge on any atom is 0.0606 e. The second kappa shape index (κ2) is 5.02. The number of hydrogen-bond donors (Lipinski definition) is 1. The number of fused-ring (bicyclic) bond motifs is 1. The monoisotopic (exact) mass is 302 g/mol. The maximum atomic E-state index is 3.52. The van der Waals surface area contributed by atoms with Gasteiger partial charge < -0.3 is 10.2 Å². The van der Waals surface area contributed by atoms with Crippen molar-refractivity contribution in [2.45, 2.75) is 6.54 Å². The van der Waals surface area contributed by atoms with Crippen molar-refractivity contribution in [3.63, 3.8) is 0 Å². The normalized spacial score (nSPS) is 13.9. The van der Waals surface area contributed by atoms with E-state index in [4.69, 9.17) is 0 Å². The number of nitrogens with zero attached hydrogens (tertiary/aromatic N) is 1. The molecule has 3 rings (SSSR count). The van der Waals surface area contributed by atoms with Gasteiger partial charge in [-0.05, 0) is 23.8 Å². The van der Waals surface area contributed by atoms with Gasteiger partial charge in [-0.3, -0.25) is 0 Å². The van der Waals surface area contributed by atoms with Crippen LogP contribution in [-0.4, -0.2) is 13.1 Å². The number of anilines is 2. The van der Waals surface area contributed by atoms with Crippen molar-refractivity contribution in [2.75, 3.05) is 23.3 Å². The van der Waals surface area contributed by atoms with Gasteiger partial charge in [-0.15, -0.1) is 0 Å². The molecule has 0 atom stereocenters. The van der Waals surface area contributed by atoms with Crippen LogP contribution in [0.2, 0.25) is 0 Å². The van der Waals surface area contributed by atoms with E-state index in [9.17, 15) is 0 Å². The summed E-state index contributed by atoms with van der Waals surface area (Å²) in [6.45, 7) is 3.01. The molecular weight excluding hydrogens is 288 g/mol. The molecule has 0 unspecified atom stereocenters. The molecule has 2 nitrogen and oxygen atoms in total. The third kappa shape index (κ3) is 2.36. The van der Waals surface area contributed by atoms with Crippen LogP contribution in [0.1, 0.15) is 5.56 Å². The van der Waals surface area contributed by atoms with E-state index in [1.165, 1.54) is 16.9 Å². The Morgan fingerprint density at radius 1 is 1.11 bits per heavy atom. The molecule has 0 aliphatic carbocycles. The lowest BCUT2D eigenvalue weighted by molar-refractivity contribution is 0.787. The first kappa shape index (κ1) is 11.6. The van der Waals surface area contributed by atoms with Crippen LogP contribution in [0, 0.1) is 0 Å². The van der Waals surface area contributed by atoms with Crippen molar-refractivity contribution in [2.24, 2.45) is 0 Å². The second-order valence-electron chi connectivity index (χ2n) is 4.50. The highest BCUT2D eigenvalue weighted by Gasteiger charge is 2.16. The summed E-state index contributed by atoms with van der Waals surface area (Å²) < 4.78 is 1.12. The molecule has 1 aliphatic rings. The van der Waals surface area contributed by atoms with E-state index >= 15 is 0 Å². The van der Waals surface area contributed by atoms with Crippen molar-refractivity contribution in [1.29, 1.82) is 0 Å². The lowest BCUT2D eigenvalue weighted by atomic mass is 10.1. The summed E-state index contributed by atoms with van der Waals surface area (Å²) in [5.41, 5.74) is 3.85. The summed E-state index contributed by atoms with van der Waals surface area (Å²) in [6, 6.07) is 17.0. The highest BCUT2D eigenvalue weighted by atomic mass is 79.9. The molecule has 0 fully saturated rings. The third-order valence-electron chi connectivity index (χ3n) is 3.21. The van der Waals surface area contributed by atoms with Gasteiger partial charge in [0.05, 0.1) is 11.4 Å². The third-order valence-corrected chi connectivity index (χ3v) is 3.71. The molecule has 2 aromatic rings. The first-order valence-corrected chi connectivity index (χ1v) is 6.94. The average Bonchev–Trinajstić information content (AvgIpc) is 2.40. The molecule has 92 valence electrons. The number of benzene rings is 2. The SMILES string of the molecule is Brc1ccc2c(c1)NCCN2Cc1ccccc1. The summed E-state index contributed by atoms with van der Waals surface area (Å²) in [5.74, 6) is 0. The minimum absolute atomic E-state index is 0.969. The summed E-state index contributed by atoms with van der Waals surface area (Å²) in [5, 5.41) is 3.45. The van der Waals surface area contributed by atoms with E-state index in [0.29, 0.717) is 0 Å². The van der Waals surface area contributed by atoms with Gasteiger partial charge in [0.2, 0.25) is 0 Å². The maximum absolute atomic E-state index is 3.52. The zero-order valence-corrected chi connectivity index (χ0v) is 11.7. The quantitative estimate of drug-likeness (QED) is 0.905. The van der Waals surface area contributed by atoms with Crippen LogP contribution in [0.25, 0.3) is 0 Å². The molecule has 0 aromatic heterocycles. The Morgan fingerprint density at radius 2 is 1.94 bits per heavy atom. The van der Waals surface area contributed by atoms with Crippen LogP contribution in [0.3, 0.4) is 0 Å². The number of nitrogens with one attached hydrogen (secondary N) is 1. The molecule has 1 heterocycles. The predicted molar refractivity (Wildman–Crippen MR) is 80.1 cm³/mol. The van der Waals surface area contributed by atoms with Crippen molar-refractivity contribution >= 4 is 27.3 Å². The lowest BCUT2D eigenvalue weighted by Crippen LogP contribution is -2.33. The fourth-order valence-electron chi connectivity index (χ4n) is 2.34. The molecule has 0 bridgehead atoms. The number of halogens is 1. The Labute approximate surface area is 116 Å². The van der Waals surface area contributed by atoms with Crippen LogP contribution in [0.15, 0.2) is 53.0 Å². The minimum atomic E-state index is 0.969. The summed E-state index contributed by atoms with van der Waals surface area (Å²) in [7, 11) is 0. The van der Waals surface area contributed by atoms with Gasteiger partial charge in [0, 0.05) is 24.1 Å². The van der Waals surface area contributed by atoms with E-state index < -0.39 is 0 Å². The molecule has 0 radical (unpaired) electrons. The Hall–Kier alpha value is -1.48. The first-order valence-electron chi connectivity index (χ1n) is 6.15. The van der Waals surface area contributed by atoms with Gasteiger partial charge >= 0.3 is 0 Å². The Balaban J connectivity index is 1.87. The van der Waals surface area contributed by atoms with Crippen LogP contribution >= 0.6 is 15.9 Å². The Morgan fingerprint density at radius 3 is 2.78 bits per heavy atom. The van der Waals surface area contributed by atoms with Gasteiger partial charge in [-0.25, -0.2) is 0 Å². The average molecular weight is 303 g/mol. The highest BCUT2D eigenvalue weighted by molar-refractivity contribution is 9.10. The molecule has 3 heteroatoms. The van der Waals surface area contributed by atoms with Crippen LogP contribution in [0.5, 0.6) is 0 Å². The van der Waals surface area contributed by atoms with Crippen molar-refractivity contribution in [1.82, 2.24) is 0 Å². The second-order valence-corrected chi connectivity index (χ2v) is 5.41. The number of hydrogen-bond acceptors (Lipinski definition) is 2. The summed E-state index contributed by atoms with van der Waals surface area (Å²) in [4.78, 5) is 2.42. The zero-order valence-electron chi connectivity index (χ0n) is 10.1. The van der Waals surface area contributed by atoms with E-state index in [1.807, 2.05) is 0 Å². The summed E-state index contributed by atoms with van der Waals surface area (Å²) >= 11 is 3.52. The van der Waals surface area contributed by atoms with E-state index in [0.717, 1.165) is 24.1 Å². The fourth-order valence-corrected chi connectivity index (χ4v) is 2.70. The first-order chi connectivity index (χ1) is 8.83. The summed E-state index contributed by atoms with van der Waals surface area (Å²) in [6.07, 6.45) is 0. The molecule has 0 saturated carbocycles. The Kier molecular flexibility index (Phi) is 3.24. The standard InChI is InChI=1S/C15H15BrN2/c16-13-6-7-15-14(10-13)17-8-9-18(15)11-12-4-2-1-3-5-12/h1-7,10,17H,8-9,11H2.